The molecule has 1 fully saturated rings. The summed E-state index contributed by atoms with van der Waals surface area (Å²) in [6.45, 7) is 14.5. The number of aryl methyl sites for hydroxylation is 1. The fourth-order valence-corrected chi connectivity index (χ4v) is 3.49. The molecule has 1 aliphatic heterocycles. The van der Waals surface area contributed by atoms with Gasteiger partial charge in [0.1, 0.15) is 11.6 Å². The number of nitrogens with one attached hydrogen (secondary N) is 2. The van der Waals surface area contributed by atoms with Gasteiger partial charge in [0, 0.05) is 60.6 Å². The molecule has 2 heterocycles. The monoisotopic (exact) mass is 438 g/mol. The number of nitrogens with zero attached hydrogens (tertiary/aromatic N) is 4. The zero-order valence-corrected chi connectivity index (χ0v) is 19.9. The number of benzene rings is 1. The van der Waals surface area contributed by atoms with Gasteiger partial charge in [0.05, 0.1) is 0 Å². The van der Waals surface area contributed by atoms with Crippen molar-refractivity contribution in [2.75, 3.05) is 36.4 Å². The maximum atomic E-state index is 12.8. The SMILES string of the molecule is Cc1cc(N2CCN(C(=O)Nc3cccc(C(=O)NC(C)(C)C)c3)CC2)nc(C(C)C)n1. The number of piperazine rings is 1. The van der Waals surface area contributed by atoms with Crippen LogP contribution >= 0.6 is 0 Å². The Kier molecular flexibility index (Phi) is 7.01. The number of anilines is 2. The molecule has 1 aromatic heterocycles. The second kappa shape index (κ2) is 9.54. The van der Waals surface area contributed by atoms with Crippen LogP contribution in [-0.4, -0.2) is 58.5 Å². The highest BCUT2D eigenvalue weighted by Crippen LogP contribution is 2.19. The van der Waals surface area contributed by atoms with Crippen LogP contribution < -0.4 is 15.5 Å². The number of hydrogen-bond acceptors (Lipinski definition) is 5. The second-order valence-corrected chi connectivity index (χ2v) is 9.57. The zero-order valence-electron chi connectivity index (χ0n) is 19.9. The maximum absolute atomic E-state index is 12.8. The van der Waals surface area contributed by atoms with Crippen molar-refractivity contribution >= 4 is 23.4 Å². The summed E-state index contributed by atoms with van der Waals surface area (Å²) in [7, 11) is 0. The van der Waals surface area contributed by atoms with E-state index in [4.69, 9.17) is 4.98 Å². The summed E-state index contributed by atoms with van der Waals surface area (Å²) >= 11 is 0. The quantitative estimate of drug-likeness (QED) is 0.758. The number of carbonyl (C=O) groups excluding carboxylic acids is 2. The predicted octanol–water partition coefficient (Wildman–Crippen LogP) is 3.79. The Hall–Kier alpha value is -3.16. The van der Waals surface area contributed by atoms with Gasteiger partial charge in [-0.1, -0.05) is 19.9 Å². The van der Waals surface area contributed by atoms with E-state index in [0.29, 0.717) is 37.4 Å². The van der Waals surface area contributed by atoms with E-state index >= 15 is 0 Å². The molecule has 1 saturated heterocycles. The molecule has 1 aliphatic rings. The van der Waals surface area contributed by atoms with E-state index in [0.717, 1.165) is 17.3 Å². The van der Waals surface area contributed by atoms with Gasteiger partial charge in [0.15, 0.2) is 0 Å². The van der Waals surface area contributed by atoms with Gasteiger partial charge in [-0.3, -0.25) is 4.79 Å². The lowest BCUT2D eigenvalue weighted by atomic mass is 10.1. The first-order valence-electron chi connectivity index (χ1n) is 11.1. The Morgan fingerprint density at radius 3 is 2.34 bits per heavy atom. The molecule has 0 aliphatic carbocycles. The highest BCUT2D eigenvalue weighted by molar-refractivity contribution is 5.97. The molecule has 0 radical (unpaired) electrons. The molecular weight excluding hydrogens is 404 g/mol. The highest BCUT2D eigenvalue weighted by atomic mass is 16.2. The molecule has 0 spiro atoms. The summed E-state index contributed by atoms with van der Waals surface area (Å²) in [6, 6.07) is 8.83. The molecule has 8 nitrogen and oxygen atoms in total. The molecular formula is C24H34N6O2. The van der Waals surface area contributed by atoms with Gasteiger partial charge in [0.25, 0.3) is 5.91 Å². The van der Waals surface area contributed by atoms with E-state index in [-0.39, 0.29) is 23.4 Å². The van der Waals surface area contributed by atoms with Crippen LogP contribution in [0.3, 0.4) is 0 Å². The minimum absolute atomic E-state index is 0.164. The Morgan fingerprint density at radius 1 is 1.03 bits per heavy atom. The van der Waals surface area contributed by atoms with E-state index in [1.165, 1.54) is 0 Å². The molecule has 32 heavy (non-hydrogen) atoms. The minimum Gasteiger partial charge on any atom is -0.353 e. The number of aromatic nitrogens is 2. The van der Waals surface area contributed by atoms with Gasteiger partial charge in [-0.15, -0.1) is 0 Å². The molecule has 1 aromatic carbocycles. The summed E-state index contributed by atoms with van der Waals surface area (Å²) in [5, 5.41) is 5.86. The van der Waals surface area contributed by atoms with Crippen molar-refractivity contribution in [1.29, 1.82) is 0 Å². The summed E-state index contributed by atoms with van der Waals surface area (Å²) in [6.07, 6.45) is 0. The molecule has 0 bridgehead atoms. The maximum Gasteiger partial charge on any atom is 0.321 e. The fourth-order valence-electron chi connectivity index (χ4n) is 3.49. The van der Waals surface area contributed by atoms with Crippen molar-refractivity contribution in [2.24, 2.45) is 0 Å². The predicted molar refractivity (Wildman–Crippen MR) is 127 cm³/mol. The molecule has 8 heteroatoms. The summed E-state index contributed by atoms with van der Waals surface area (Å²) in [5.74, 6) is 1.86. The van der Waals surface area contributed by atoms with E-state index in [9.17, 15) is 9.59 Å². The largest absolute Gasteiger partial charge is 0.353 e. The van der Waals surface area contributed by atoms with Gasteiger partial charge < -0.3 is 20.4 Å². The smallest absolute Gasteiger partial charge is 0.321 e. The second-order valence-electron chi connectivity index (χ2n) is 9.57. The van der Waals surface area contributed by atoms with E-state index < -0.39 is 0 Å². The number of carbonyl (C=O) groups is 2. The van der Waals surface area contributed by atoms with Crippen LogP contribution in [0, 0.1) is 6.92 Å². The molecule has 0 atom stereocenters. The lowest BCUT2D eigenvalue weighted by Gasteiger charge is -2.35. The number of rotatable bonds is 4. The summed E-state index contributed by atoms with van der Waals surface area (Å²) < 4.78 is 0. The van der Waals surface area contributed by atoms with Crippen LogP contribution in [0.1, 0.15) is 62.4 Å². The van der Waals surface area contributed by atoms with Crippen molar-refractivity contribution in [3.8, 4) is 0 Å². The fraction of sp³-hybridized carbons (Fsp3) is 0.500. The Labute approximate surface area is 190 Å². The molecule has 0 unspecified atom stereocenters. The van der Waals surface area contributed by atoms with Crippen molar-refractivity contribution in [2.45, 2.75) is 53.0 Å². The summed E-state index contributed by atoms with van der Waals surface area (Å²) in [5.41, 5.74) is 1.75. The first-order valence-corrected chi connectivity index (χ1v) is 11.1. The lowest BCUT2D eigenvalue weighted by molar-refractivity contribution is 0.0919. The third kappa shape index (κ3) is 6.18. The van der Waals surface area contributed by atoms with Crippen molar-refractivity contribution in [3.05, 3.63) is 47.4 Å². The van der Waals surface area contributed by atoms with Crippen molar-refractivity contribution in [3.63, 3.8) is 0 Å². The molecule has 172 valence electrons. The van der Waals surface area contributed by atoms with Crippen LogP contribution in [0.2, 0.25) is 0 Å². The normalized spacial score (nSPS) is 14.5. The highest BCUT2D eigenvalue weighted by Gasteiger charge is 2.23. The Morgan fingerprint density at radius 2 is 1.72 bits per heavy atom. The van der Waals surface area contributed by atoms with Gasteiger partial charge in [0.2, 0.25) is 0 Å². The first kappa shape index (κ1) is 23.5. The number of urea groups is 1. The molecule has 0 saturated carbocycles. The van der Waals surface area contributed by atoms with Gasteiger partial charge in [-0.25, -0.2) is 14.8 Å². The molecule has 2 aromatic rings. The topological polar surface area (TPSA) is 90.5 Å². The standard InChI is InChI=1S/C24H34N6O2/c1-16(2)21-25-17(3)14-20(27-21)29-10-12-30(13-11-29)23(32)26-19-9-7-8-18(15-19)22(31)28-24(4,5)6/h7-9,14-16H,10-13H2,1-6H3,(H,26,32)(H,28,31). The van der Waals surface area contributed by atoms with Crippen molar-refractivity contribution in [1.82, 2.24) is 20.2 Å². The van der Waals surface area contributed by atoms with Crippen LogP contribution in [-0.2, 0) is 0 Å². The Bertz CT molecular complexity index is 975. The molecule has 2 N–H and O–H groups in total. The Balaban J connectivity index is 1.60. The van der Waals surface area contributed by atoms with Crippen molar-refractivity contribution < 1.29 is 9.59 Å². The molecule has 3 amide bonds. The number of amides is 3. The van der Waals surface area contributed by atoms with Crippen LogP contribution in [0.5, 0.6) is 0 Å². The first-order chi connectivity index (χ1) is 15.0. The van der Waals surface area contributed by atoms with Gasteiger partial charge in [-0.05, 0) is 45.9 Å². The van der Waals surface area contributed by atoms with Gasteiger partial charge >= 0.3 is 6.03 Å². The zero-order chi connectivity index (χ0) is 23.5. The van der Waals surface area contributed by atoms with E-state index in [1.807, 2.05) is 33.8 Å². The third-order valence-electron chi connectivity index (χ3n) is 5.13. The average molecular weight is 439 g/mol. The van der Waals surface area contributed by atoms with Crippen LogP contribution in [0.15, 0.2) is 30.3 Å². The molecule has 3 rings (SSSR count). The van der Waals surface area contributed by atoms with Gasteiger partial charge in [-0.2, -0.15) is 0 Å². The van der Waals surface area contributed by atoms with E-state index in [1.54, 1.807) is 29.2 Å². The lowest BCUT2D eigenvalue weighted by Crippen LogP contribution is -2.50. The third-order valence-corrected chi connectivity index (χ3v) is 5.13. The number of hydrogen-bond donors (Lipinski definition) is 2. The van der Waals surface area contributed by atoms with E-state index in [2.05, 4.69) is 34.4 Å². The van der Waals surface area contributed by atoms with Crippen LogP contribution in [0.4, 0.5) is 16.3 Å². The van der Waals surface area contributed by atoms with Crippen LogP contribution in [0.25, 0.3) is 0 Å². The summed E-state index contributed by atoms with van der Waals surface area (Å²) in [4.78, 5) is 38.4. The average Bonchev–Trinajstić information content (AvgIpc) is 2.72. The minimum atomic E-state index is -0.325.